The molecular formula is C21H23N3O2. The summed E-state index contributed by atoms with van der Waals surface area (Å²) in [6, 6.07) is 12.9. The van der Waals surface area contributed by atoms with E-state index >= 15 is 0 Å². The average Bonchev–Trinajstić information content (AvgIpc) is 3.11. The molecule has 5 heteroatoms. The number of nitrogens with zero attached hydrogens (tertiary/aromatic N) is 3. The van der Waals surface area contributed by atoms with E-state index in [2.05, 4.69) is 9.55 Å². The number of carbonyl (C=O) groups excluding carboxylic acids is 1. The largest absolute Gasteiger partial charge is 0.508 e. The van der Waals surface area contributed by atoms with Gasteiger partial charge in [-0.1, -0.05) is 19.3 Å². The quantitative estimate of drug-likeness (QED) is 0.756. The van der Waals surface area contributed by atoms with Gasteiger partial charge in [0.05, 0.1) is 17.4 Å². The number of hydrogen-bond donors (Lipinski definition) is 1. The van der Waals surface area contributed by atoms with E-state index in [1.54, 1.807) is 36.2 Å². The van der Waals surface area contributed by atoms with E-state index in [0.29, 0.717) is 11.6 Å². The molecule has 4 rings (SSSR count). The monoisotopic (exact) mass is 349 g/mol. The maximum Gasteiger partial charge on any atom is 0.258 e. The minimum absolute atomic E-state index is 0.0928. The molecule has 5 nitrogen and oxygen atoms in total. The van der Waals surface area contributed by atoms with Gasteiger partial charge in [0.1, 0.15) is 5.75 Å². The second-order valence-corrected chi connectivity index (χ2v) is 7.03. The number of hydrogen-bond acceptors (Lipinski definition) is 3. The van der Waals surface area contributed by atoms with Gasteiger partial charge in [-0.25, -0.2) is 4.98 Å². The lowest BCUT2D eigenvalue weighted by Crippen LogP contribution is -2.26. The summed E-state index contributed by atoms with van der Waals surface area (Å²) >= 11 is 0. The molecule has 134 valence electrons. The number of aromatic hydroxyl groups is 1. The molecule has 0 aliphatic heterocycles. The van der Waals surface area contributed by atoms with E-state index < -0.39 is 0 Å². The van der Waals surface area contributed by atoms with Crippen LogP contribution in [0.25, 0.3) is 11.0 Å². The Hall–Kier alpha value is -2.82. The molecule has 1 N–H and O–H groups in total. The highest BCUT2D eigenvalue weighted by molar-refractivity contribution is 6.07. The van der Waals surface area contributed by atoms with Gasteiger partial charge in [0, 0.05) is 24.3 Å². The van der Waals surface area contributed by atoms with Crippen molar-refractivity contribution >= 4 is 22.6 Å². The zero-order valence-corrected chi connectivity index (χ0v) is 14.9. The number of phenols is 1. The Morgan fingerprint density at radius 2 is 1.85 bits per heavy atom. The second kappa shape index (κ2) is 6.83. The summed E-state index contributed by atoms with van der Waals surface area (Å²) in [6.45, 7) is 0. The number of phenolic OH excluding ortho intramolecular Hbond substituents is 1. The summed E-state index contributed by atoms with van der Waals surface area (Å²) in [7, 11) is 1.74. The fourth-order valence-corrected chi connectivity index (χ4v) is 3.80. The van der Waals surface area contributed by atoms with Crippen LogP contribution in [0.2, 0.25) is 0 Å². The van der Waals surface area contributed by atoms with Crippen LogP contribution in [-0.4, -0.2) is 27.6 Å². The lowest BCUT2D eigenvalue weighted by Gasteiger charge is -2.23. The first kappa shape index (κ1) is 16.6. The molecule has 0 spiro atoms. The van der Waals surface area contributed by atoms with Crippen LogP contribution >= 0.6 is 0 Å². The van der Waals surface area contributed by atoms with Gasteiger partial charge in [-0.05, 0) is 55.3 Å². The summed E-state index contributed by atoms with van der Waals surface area (Å²) in [4.78, 5) is 18.9. The molecule has 1 heterocycles. The molecule has 0 atom stereocenters. The molecule has 1 amide bonds. The Kier molecular flexibility index (Phi) is 4.37. The van der Waals surface area contributed by atoms with Crippen molar-refractivity contribution in [2.24, 2.45) is 0 Å². The SMILES string of the molecule is CN(C(=O)c1ccc2c(c1)ncn2C1CCCCC1)c1ccc(O)cc1. The summed E-state index contributed by atoms with van der Waals surface area (Å²) in [5.74, 6) is 0.0917. The highest BCUT2D eigenvalue weighted by Crippen LogP contribution is 2.31. The molecular weight excluding hydrogens is 326 g/mol. The topological polar surface area (TPSA) is 58.4 Å². The second-order valence-electron chi connectivity index (χ2n) is 7.03. The molecule has 2 aromatic carbocycles. The van der Waals surface area contributed by atoms with Crippen LogP contribution in [0.15, 0.2) is 48.8 Å². The van der Waals surface area contributed by atoms with Gasteiger partial charge in [0.25, 0.3) is 5.91 Å². The molecule has 1 aromatic heterocycles. The number of carbonyl (C=O) groups is 1. The Morgan fingerprint density at radius 3 is 2.58 bits per heavy atom. The van der Waals surface area contributed by atoms with Crippen LogP contribution < -0.4 is 4.90 Å². The van der Waals surface area contributed by atoms with Gasteiger partial charge in [-0.3, -0.25) is 4.79 Å². The van der Waals surface area contributed by atoms with E-state index in [1.807, 2.05) is 24.5 Å². The van der Waals surface area contributed by atoms with Crippen molar-refractivity contribution in [3.05, 3.63) is 54.4 Å². The van der Waals surface area contributed by atoms with Gasteiger partial charge in [0.15, 0.2) is 0 Å². The number of benzene rings is 2. The zero-order valence-electron chi connectivity index (χ0n) is 14.9. The third kappa shape index (κ3) is 3.05. The van der Waals surface area contributed by atoms with Gasteiger partial charge in [-0.2, -0.15) is 0 Å². The smallest absolute Gasteiger partial charge is 0.258 e. The number of fused-ring (bicyclic) bond motifs is 1. The van der Waals surface area contributed by atoms with E-state index in [-0.39, 0.29) is 11.7 Å². The highest BCUT2D eigenvalue weighted by atomic mass is 16.3. The lowest BCUT2D eigenvalue weighted by atomic mass is 9.95. The first-order valence-corrected chi connectivity index (χ1v) is 9.17. The minimum Gasteiger partial charge on any atom is -0.508 e. The van der Waals surface area contributed by atoms with E-state index in [9.17, 15) is 9.90 Å². The van der Waals surface area contributed by atoms with Crippen molar-refractivity contribution in [2.75, 3.05) is 11.9 Å². The van der Waals surface area contributed by atoms with Gasteiger partial charge in [0.2, 0.25) is 0 Å². The molecule has 0 radical (unpaired) electrons. The van der Waals surface area contributed by atoms with Crippen LogP contribution in [0.1, 0.15) is 48.5 Å². The summed E-state index contributed by atoms with van der Waals surface area (Å²) in [5.41, 5.74) is 3.31. The number of rotatable bonds is 3. The van der Waals surface area contributed by atoms with Gasteiger partial charge in [-0.15, -0.1) is 0 Å². The van der Waals surface area contributed by atoms with Crippen LogP contribution in [0.4, 0.5) is 5.69 Å². The van der Waals surface area contributed by atoms with Crippen molar-refractivity contribution in [3.8, 4) is 5.75 Å². The van der Waals surface area contributed by atoms with E-state index in [0.717, 1.165) is 16.7 Å². The Morgan fingerprint density at radius 1 is 1.12 bits per heavy atom. The van der Waals surface area contributed by atoms with Crippen LogP contribution in [-0.2, 0) is 0 Å². The number of aromatic nitrogens is 2. The molecule has 1 aliphatic carbocycles. The first-order chi connectivity index (χ1) is 12.6. The predicted molar refractivity (Wildman–Crippen MR) is 103 cm³/mol. The summed E-state index contributed by atoms with van der Waals surface area (Å²) in [6.07, 6.45) is 8.20. The van der Waals surface area contributed by atoms with Gasteiger partial charge >= 0.3 is 0 Å². The molecule has 26 heavy (non-hydrogen) atoms. The number of anilines is 1. The van der Waals surface area contributed by atoms with Crippen molar-refractivity contribution in [2.45, 2.75) is 38.1 Å². The van der Waals surface area contributed by atoms with Crippen LogP contribution in [0.5, 0.6) is 5.75 Å². The maximum absolute atomic E-state index is 12.8. The lowest BCUT2D eigenvalue weighted by molar-refractivity contribution is 0.0993. The minimum atomic E-state index is -0.0928. The molecule has 0 unspecified atom stereocenters. The maximum atomic E-state index is 12.8. The Labute approximate surface area is 152 Å². The zero-order chi connectivity index (χ0) is 18.1. The highest BCUT2D eigenvalue weighted by Gasteiger charge is 2.19. The molecule has 0 bridgehead atoms. The number of imidazole rings is 1. The molecule has 1 saturated carbocycles. The normalized spacial score (nSPS) is 15.3. The molecule has 0 saturated heterocycles. The first-order valence-electron chi connectivity index (χ1n) is 9.17. The fourth-order valence-electron chi connectivity index (χ4n) is 3.80. The summed E-state index contributed by atoms with van der Waals surface area (Å²) < 4.78 is 2.27. The van der Waals surface area contributed by atoms with E-state index in [1.165, 1.54) is 32.1 Å². The molecule has 3 aromatic rings. The summed E-state index contributed by atoms with van der Waals surface area (Å²) in [5, 5.41) is 9.41. The van der Waals surface area contributed by atoms with E-state index in [4.69, 9.17) is 0 Å². The van der Waals surface area contributed by atoms with Crippen molar-refractivity contribution in [1.29, 1.82) is 0 Å². The standard InChI is InChI=1S/C21H23N3O2/c1-23(16-8-10-18(25)11-9-16)21(26)15-7-12-20-19(13-15)22-14-24(20)17-5-3-2-4-6-17/h7-14,17,25H,2-6H2,1H3. The number of amides is 1. The average molecular weight is 349 g/mol. The van der Waals surface area contributed by atoms with Crippen molar-refractivity contribution in [1.82, 2.24) is 9.55 Å². The van der Waals surface area contributed by atoms with Crippen molar-refractivity contribution < 1.29 is 9.90 Å². The third-order valence-corrected chi connectivity index (χ3v) is 5.33. The third-order valence-electron chi connectivity index (χ3n) is 5.33. The van der Waals surface area contributed by atoms with Crippen LogP contribution in [0.3, 0.4) is 0 Å². The Bertz CT molecular complexity index is 924. The van der Waals surface area contributed by atoms with Crippen LogP contribution in [0, 0.1) is 0 Å². The fraction of sp³-hybridized carbons (Fsp3) is 0.333. The molecule has 1 aliphatic rings. The predicted octanol–water partition coefficient (Wildman–Crippen LogP) is 4.52. The van der Waals surface area contributed by atoms with Gasteiger partial charge < -0.3 is 14.6 Å². The molecule has 1 fully saturated rings. The van der Waals surface area contributed by atoms with Crippen molar-refractivity contribution in [3.63, 3.8) is 0 Å². The Balaban J connectivity index is 1.61.